The second-order valence-corrected chi connectivity index (χ2v) is 1.45. The lowest BCUT2D eigenvalue weighted by Crippen LogP contribution is -2.03. The van der Waals surface area contributed by atoms with Crippen molar-refractivity contribution in [3.8, 4) is 0 Å². The Labute approximate surface area is 54.7 Å². The van der Waals surface area contributed by atoms with Crippen molar-refractivity contribution in [2.24, 2.45) is 4.99 Å². The van der Waals surface area contributed by atoms with Crippen LogP contribution in [0.15, 0.2) is 4.99 Å². The molecule has 0 aliphatic carbocycles. The number of hydrogen-bond donors (Lipinski definition) is 0. The highest BCUT2D eigenvalue weighted by molar-refractivity contribution is 5.85. The number of rotatable bonds is 3. The summed E-state index contributed by atoms with van der Waals surface area (Å²) in [4.78, 5) is 14.1. The molecule has 0 fully saturated rings. The van der Waals surface area contributed by atoms with E-state index in [0.29, 0.717) is 6.61 Å². The summed E-state index contributed by atoms with van der Waals surface area (Å²) in [5.74, 6) is -0.219. The lowest BCUT2D eigenvalue weighted by molar-refractivity contribution is -0.141. The summed E-state index contributed by atoms with van der Waals surface area (Å²) in [6, 6.07) is 0. The zero-order valence-corrected chi connectivity index (χ0v) is 5.76. The van der Waals surface area contributed by atoms with Crippen LogP contribution in [-0.2, 0) is 9.53 Å². The van der Waals surface area contributed by atoms with Crippen LogP contribution in [0.1, 0.15) is 13.3 Å². The maximum Gasteiger partial charge on any atom is 0.311 e. The monoisotopic (exact) mass is 129 g/mol. The third-order valence-electron chi connectivity index (χ3n) is 0.746. The number of aliphatic imine (C=N–C) groups is 1. The first kappa shape index (κ1) is 8.14. The molecule has 0 rings (SSSR count). The Bertz CT molecular complexity index is 110. The highest BCUT2D eigenvalue weighted by atomic mass is 16.5. The molecule has 52 valence electrons. The quantitative estimate of drug-likeness (QED) is 0.414. The molecule has 0 unspecified atom stereocenters. The van der Waals surface area contributed by atoms with Gasteiger partial charge < -0.3 is 9.73 Å². The largest absolute Gasteiger partial charge is 0.466 e. The van der Waals surface area contributed by atoms with Crippen LogP contribution < -0.4 is 0 Å². The van der Waals surface area contributed by atoms with Crippen molar-refractivity contribution in [1.29, 1.82) is 0 Å². The molecule has 0 radical (unpaired) electrons. The van der Waals surface area contributed by atoms with Crippen LogP contribution in [0.25, 0.3) is 0 Å². The number of carbonyl (C=O) groups is 1. The first-order valence-corrected chi connectivity index (χ1v) is 2.87. The van der Waals surface area contributed by atoms with Crippen LogP contribution in [0.5, 0.6) is 0 Å². The highest BCUT2D eigenvalue weighted by Gasteiger charge is 1.94. The summed E-state index contributed by atoms with van der Waals surface area (Å²) in [6.45, 7) is 2.22. The van der Waals surface area contributed by atoms with Gasteiger partial charge in [0.1, 0.15) is 0 Å². The zero-order valence-electron chi connectivity index (χ0n) is 5.76. The minimum absolute atomic E-state index is 0.219. The Morgan fingerprint density at radius 2 is 2.44 bits per heavy atom. The minimum atomic E-state index is -0.219. The van der Waals surface area contributed by atoms with Crippen LogP contribution in [0, 0.1) is 0 Å². The van der Waals surface area contributed by atoms with Crippen molar-refractivity contribution in [3.63, 3.8) is 0 Å². The molecule has 0 amide bonds. The first-order valence-electron chi connectivity index (χ1n) is 2.87. The molecule has 3 heteroatoms. The number of ether oxygens (including phenoxy) is 1. The molecule has 9 heavy (non-hydrogen) atoms. The molecule has 0 aliphatic rings. The van der Waals surface area contributed by atoms with Gasteiger partial charge in [0.25, 0.3) is 0 Å². The maximum atomic E-state index is 10.5. The van der Waals surface area contributed by atoms with Crippen LogP contribution in [-0.4, -0.2) is 25.8 Å². The summed E-state index contributed by atoms with van der Waals surface area (Å²) in [5, 5.41) is 0. The van der Waals surface area contributed by atoms with E-state index in [9.17, 15) is 4.79 Å². The van der Waals surface area contributed by atoms with Crippen molar-refractivity contribution in [2.75, 3.05) is 13.7 Å². The molecule has 0 spiro atoms. The molecule has 0 N–H and O–H groups in total. The predicted molar refractivity (Wildman–Crippen MR) is 35.7 cm³/mol. The molecule has 3 nitrogen and oxygen atoms in total. The average Bonchev–Trinajstić information content (AvgIpc) is 1.85. The van der Waals surface area contributed by atoms with Gasteiger partial charge in [-0.15, -0.1) is 0 Å². The molecule has 0 aromatic heterocycles. The molecule has 0 bridgehead atoms. The van der Waals surface area contributed by atoms with E-state index in [2.05, 4.69) is 9.73 Å². The summed E-state index contributed by atoms with van der Waals surface area (Å²) in [7, 11) is 1.62. The van der Waals surface area contributed by atoms with Crippen molar-refractivity contribution >= 4 is 12.2 Å². The van der Waals surface area contributed by atoms with E-state index >= 15 is 0 Å². The lowest BCUT2D eigenvalue weighted by atomic mass is 10.5. The molecule has 0 saturated heterocycles. The Kier molecular flexibility index (Phi) is 4.78. The van der Waals surface area contributed by atoms with Gasteiger partial charge in [-0.2, -0.15) is 0 Å². The van der Waals surface area contributed by atoms with Crippen LogP contribution in [0.3, 0.4) is 0 Å². The zero-order chi connectivity index (χ0) is 7.11. The highest BCUT2D eigenvalue weighted by Crippen LogP contribution is 1.81. The summed E-state index contributed by atoms with van der Waals surface area (Å²) in [5.41, 5.74) is 0. The Morgan fingerprint density at radius 3 is 2.89 bits per heavy atom. The van der Waals surface area contributed by atoms with Crippen molar-refractivity contribution in [1.82, 2.24) is 0 Å². The van der Waals surface area contributed by atoms with Gasteiger partial charge in [0.15, 0.2) is 0 Å². The van der Waals surface area contributed by atoms with E-state index in [1.165, 1.54) is 6.21 Å². The van der Waals surface area contributed by atoms with Gasteiger partial charge in [-0.3, -0.25) is 4.79 Å². The van der Waals surface area contributed by atoms with E-state index in [4.69, 9.17) is 0 Å². The summed E-state index contributed by atoms with van der Waals surface area (Å²) in [6.07, 6.45) is 1.81. The second-order valence-electron chi connectivity index (χ2n) is 1.45. The normalized spacial score (nSPS) is 10.0. The van der Waals surface area contributed by atoms with E-state index < -0.39 is 0 Å². The van der Waals surface area contributed by atoms with Crippen LogP contribution >= 0.6 is 0 Å². The molecule has 0 aliphatic heterocycles. The van der Waals surface area contributed by atoms with Gasteiger partial charge >= 0.3 is 5.97 Å². The Balaban J connectivity index is 3.27. The topological polar surface area (TPSA) is 38.7 Å². The van der Waals surface area contributed by atoms with Gasteiger partial charge in [0, 0.05) is 13.3 Å². The molecule has 0 atom stereocenters. The Hall–Kier alpha value is -0.860. The standard InChI is InChI=1S/C6H11NO2/c1-3-9-6(8)4-5-7-2/h5H,3-4H2,1-2H3/b7-5-. The molecule has 0 heterocycles. The smallest absolute Gasteiger partial charge is 0.311 e. The van der Waals surface area contributed by atoms with E-state index in [-0.39, 0.29) is 12.4 Å². The predicted octanol–water partition coefficient (Wildman–Crippen LogP) is 0.640. The number of nitrogens with zero attached hydrogens (tertiary/aromatic N) is 1. The number of hydrogen-bond acceptors (Lipinski definition) is 3. The third-order valence-corrected chi connectivity index (χ3v) is 0.746. The fourth-order valence-corrected chi connectivity index (χ4v) is 0.386. The van der Waals surface area contributed by atoms with E-state index in [1.54, 1.807) is 14.0 Å². The van der Waals surface area contributed by atoms with Crippen LogP contribution in [0.2, 0.25) is 0 Å². The minimum Gasteiger partial charge on any atom is -0.466 e. The average molecular weight is 129 g/mol. The van der Waals surface area contributed by atoms with Gasteiger partial charge in [0.2, 0.25) is 0 Å². The lowest BCUT2D eigenvalue weighted by Gasteiger charge is -1.94. The molecule has 0 aromatic rings. The fourth-order valence-electron chi connectivity index (χ4n) is 0.386. The van der Waals surface area contributed by atoms with E-state index in [0.717, 1.165) is 0 Å². The molecule has 0 aromatic carbocycles. The molecule has 0 saturated carbocycles. The van der Waals surface area contributed by atoms with E-state index in [1.807, 2.05) is 0 Å². The van der Waals surface area contributed by atoms with Crippen molar-refractivity contribution < 1.29 is 9.53 Å². The number of carbonyl (C=O) groups excluding carboxylic acids is 1. The fraction of sp³-hybridized carbons (Fsp3) is 0.667. The first-order chi connectivity index (χ1) is 4.31. The van der Waals surface area contributed by atoms with Gasteiger partial charge in [-0.05, 0) is 6.92 Å². The van der Waals surface area contributed by atoms with Gasteiger partial charge in [-0.25, -0.2) is 0 Å². The van der Waals surface area contributed by atoms with Crippen molar-refractivity contribution in [3.05, 3.63) is 0 Å². The molecular weight excluding hydrogens is 118 g/mol. The molecular formula is C6H11NO2. The number of esters is 1. The van der Waals surface area contributed by atoms with Crippen LogP contribution in [0.4, 0.5) is 0 Å². The van der Waals surface area contributed by atoms with Crippen molar-refractivity contribution in [2.45, 2.75) is 13.3 Å². The van der Waals surface area contributed by atoms with Gasteiger partial charge in [0.05, 0.1) is 13.0 Å². The maximum absolute atomic E-state index is 10.5. The third kappa shape index (κ3) is 5.00. The summed E-state index contributed by atoms with van der Waals surface area (Å²) >= 11 is 0. The van der Waals surface area contributed by atoms with Gasteiger partial charge in [-0.1, -0.05) is 0 Å². The second kappa shape index (κ2) is 5.28. The SMILES string of the molecule is CCOC(=O)C/C=N\C. The summed E-state index contributed by atoms with van der Waals surface area (Å²) < 4.78 is 4.61. The Morgan fingerprint density at radius 1 is 1.78 bits per heavy atom.